The number of hydrazine groups is 1. The van der Waals surface area contributed by atoms with Crippen molar-refractivity contribution in [3.63, 3.8) is 0 Å². The number of aryl methyl sites for hydroxylation is 1. The summed E-state index contributed by atoms with van der Waals surface area (Å²) in [7, 11) is -1.75. The minimum absolute atomic E-state index is 0.0935. The second kappa shape index (κ2) is 8.21. The molecule has 2 aromatic heterocycles. The first-order valence-electron chi connectivity index (χ1n) is 9.56. The van der Waals surface area contributed by atoms with Crippen LogP contribution in [0, 0.1) is 5.92 Å². The van der Waals surface area contributed by atoms with Crippen molar-refractivity contribution in [1.82, 2.24) is 19.7 Å². The second-order valence-electron chi connectivity index (χ2n) is 7.25. The van der Waals surface area contributed by atoms with Crippen LogP contribution in [0.15, 0.2) is 52.2 Å². The van der Waals surface area contributed by atoms with Crippen LogP contribution in [0.4, 0.5) is 0 Å². The highest BCUT2D eigenvalue weighted by molar-refractivity contribution is 7.91. The highest BCUT2D eigenvalue weighted by Crippen LogP contribution is 2.26. The van der Waals surface area contributed by atoms with Crippen LogP contribution >= 0.6 is 11.3 Å². The van der Waals surface area contributed by atoms with Gasteiger partial charge in [0, 0.05) is 37.2 Å². The molecular weight excluding hydrogens is 424 g/mol. The molecule has 1 aromatic carbocycles. The van der Waals surface area contributed by atoms with Gasteiger partial charge in [0.25, 0.3) is 15.9 Å². The Hall–Kier alpha value is -2.69. The highest BCUT2D eigenvalue weighted by atomic mass is 32.2. The fraction of sp³-hybridized carbons (Fsp3) is 0.300. The number of sulfonamides is 1. The molecular formula is C20H22N4O4S2. The molecule has 1 unspecified atom stereocenters. The Balaban J connectivity index is 1.41. The average Bonchev–Trinajstić information content (AvgIpc) is 3.41. The van der Waals surface area contributed by atoms with Gasteiger partial charge < -0.3 is 4.57 Å². The number of para-hydroxylation sites is 1. The predicted molar refractivity (Wildman–Crippen MR) is 114 cm³/mol. The van der Waals surface area contributed by atoms with Crippen molar-refractivity contribution in [3.05, 3.63) is 53.5 Å². The van der Waals surface area contributed by atoms with Gasteiger partial charge >= 0.3 is 0 Å². The molecule has 30 heavy (non-hydrogen) atoms. The average molecular weight is 447 g/mol. The number of piperidine rings is 1. The lowest BCUT2D eigenvalue weighted by Crippen LogP contribution is -2.49. The number of aromatic nitrogens is 1. The van der Waals surface area contributed by atoms with E-state index in [2.05, 4.69) is 10.9 Å². The Bertz CT molecular complexity index is 1180. The van der Waals surface area contributed by atoms with E-state index in [0.717, 1.165) is 22.2 Å². The lowest BCUT2D eigenvalue weighted by atomic mass is 9.99. The number of fused-ring (bicyclic) bond motifs is 1. The topological polar surface area (TPSA) is 101 Å². The summed E-state index contributed by atoms with van der Waals surface area (Å²) in [5, 5.41) is 2.50. The molecule has 8 nitrogen and oxygen atoms in total. The van der Waals surface area contributed by atoms with Gasteiger partial charge in [-0.1, -0.05) is 24.3 Å². The highest BCUT2D eigenvalue weighted by Gasteiger charge is 2.34. The zero-order valence-corrected chi connectivity index (χ0v) is 18.0. The molecule has 2 amide bonds. The predicted octanol–water partition coefficient (Wildman–Crippen LogP) is 2.10. The number of rotatable bonds is 4. The van der Waals surface area contributed by atoms with Crippen LogP contribution in [-0.2, 0) is 21.9 Å². The summed E-state index contributed by atoms with van der Waals surface area (Å²) < 4.78 is 28.9. The zero-order chi connectivity index (χ0) is 21.3. The first kappa shape index (κ1) is 20.6. The quantitative estimate of drug-likeness (QED) is 0.600. The SMILES string of the molecule is Cn1cc(C(=O)NNC(=O)C2CCCN(S(=O)(=O)c3cccs3)C2)c2ccccc21. The van der Waals surface area contributed by atoms with Gasteiger partial charge in [0.05, 0.1) is 11.5 Å². The van der Waals surface area contributed by atoms with Crippen molar-refractivity contribution < 1.29 is 18.0 Å². The Labute approximate surface area is 178 Å². The van der Waals surface area contributed by atoms with Crippen LogP contribution in [0.1, 0.15) is 23.2 Å². The Morgan fingerprint density at radius 2 is 1.93 bits per heavy atom. The standard InChI is InChI=1S/C20H22N4O4S2/c1-23-13-16(15-7-2-3-8-17(15)23)20(26)22-21-19(25)14-6-4-10-24(12-14)30(27,28)18-9-5-11-29-18/h2-3,5,7-9,11,13-14H,4,6,10,12H2,1H3,(H,21,25)(H,22,26). The molecule has 1 aliphatic rings. The van der Waals surface area contributed by atoms with E-state index >= 15 is 0 Å². The van der Waals surface area contributed by atoms with E-state index in [9.17, 15) is 18.0 Å². The van der Waals surface area contributed by atoms with Gasteiger partial charge in [0.2, 0.25) is 5.91 Å². The van der Waals surface area contributed by atoms with Crippen LogP contribution in [0.25, 0.3) is 10.9 Å². The lowest BCUT2D eigenvalue weighted by molar-refractivity contribution is -0.126. The molecule has 2 N–H and O–H groups in total. The molecule has 0 spiro atoms. The maximum atomic E-state index is 12.7. The monoisotopic (exact) mass is 446 g/mol. The van der Waals surface area contributed by atoms with Crippen LogP contribution in [0.5, 0.6) is 0 Å². The van der Waals surface area contributed by atoms with E-state index in [4.69, 9.17) is 0 Å². The van der Waals surface area contributed by atoms with Gasteiger partial charge in [0.1, 0.15) is 4.21 Å². The number of nitrogens with one attached hydrogen (secondary N) is 2. The number of amides is 2. The third-order valence-corrected chi connectivity index (χ3v) is 8.52. The molecule has 1 atom stereocenters. The van der Waals surface area contributed by atoms with Crippen LogP contribution < -0.4 is 10.9 Å². The summed E-state index contributed by atoms with van der Waals surface area (Å²) in [4.78, 5) is 25.2. The summed E-state index contributed by atoms with van der Waals surface area (Å²) in [5.74, 6) is -1.34. The van der Waals surface area contributed by atoms with Gasteiger partial charge in [0.15, 0.2) is 0 Å². The van der Waals surface area contributed by atoms with Crippen LogP contribution in [0.2, 0.25) is 0 Å². The summed E-state index contributed by atoms with van der Waals surface area (Å²) >= 11 is 1.16. The third kappa shape index (κ3) is 3.85. The molecule has 4 rings (SSSR count). The van der Waals surface area contributed by atoms with Gasteiger partial charge in [-0.3, -0.25) is 20.4 Å². The van der Waals surface area contributed by atoms with Crippen molar-refractivity contribution in [1.29, 1.82) is 0 Å². The van der Waals surface area contributed by atoms with Crippen molar-refractivity contribution in [3.8, 4) is 0 Å². The first-order chi connectivity index (χ1) is 14.4. The number of carbonyl (C=O) groups excluding carboxylic acids is 2. The number of carbonyl (C=O) groups is 2. The van der Waals surface area contributed by atoms with Crippen molar-refractivity contribution in [2.45, 2.75) is 17.1 Å². The number of hydrogen-bond acceptors (Lipinski definition) is 5. The molecule has 0 aliphatic carbocycles. The zero-order valence-electron chi connectivity index (χ0n) is 16.4. The molecule has 158 valence electrons. The molecule has 3 heterocycles. The van der Waals surface area contributed by atoms with Crippen molar-refractivity contribution >= 4 is 44.1 Å². The van der Waals surface area contributed by atoms with E-state index in [-0.39, 0.29) is 10.8 Å². The number of nitrogens with zero attached hydrogens (tertiary/aromatic N) is 2. The minimum atomic E-state index is -3.60. The molecule has 0 bridgehead atoms. The molecule has 10 heteroatoms. The van der Waals surface area contributed by atoms with E-state index in [0.29, 0.717) is 24.9 Å². The molecule has 1 saturated heterocycles. The Kier molecular flexibility index (Phi) is 5.63. The van der Waals surface area contributed by atoms with Crippen LogP contribution in [0.3, 0.4) is 0 Å². The number of thiophene rings is 1. The Morgan fingerprint density at radius 3 is 2.70 bits per heavy atom. The largest absolute Gasteiger partial charge is 0.350 e. The van der Waals surface area contributed by atoms with E-state index in [1.54, 1.807) is 23.7 Å². The maximum Gasteiger partial charge on any atom is 0.271 e. The first-order valence-corrected chi connectivity index (χ1v) is 11.9. The molecule has 0 saturated carbocycles. The molecule has 1 fully saturated rings. The van der Waals surface area contributed by atoms with E-state index in [1.165, 1.54) is 4.31 Å². The number of hydrogen-bond donors (Lipinski definition) is 2. The van der Waals surface area contributed by atoms with Gasteiger partial charge in [-0.2, -0.15) is 4.31 Å². The molecule has 1 aliphatic heterocycles. The van der Waals surface area contributed by atoms with Gasteiger partial charge in [-0.25, -0.2) is 8.42 Å². The van der Waals surface area contributed by atoms with Crippen molar-refractivity contribution in [2.75, 3.05) is 13.1 Å². The maximum absolute atomic E-state index is 12.7. The van der Waals surface area contributed by atoms with Crippen molar-refractivity contribution in [2.24, 2.45) is 13.0 Å². The Morgan fingerprint density at radius 1 is 1.13 bits per heavy atom. The minimum Gasteiger partial charge on any atom is -0.350 e. The van der Waals surface area contributed by atoms with E-state index in [1.807, 2.05) is 35.9 Å². The summed E-state index contributed by atoms with van der Waals surface area (Å²) in [6.45, 7) is 0.475. The summed E-state index contributed by atoms with van der Waals surface area (Å²) in [5.41, 5.74) is 6.30. The van der Waals surface area contributed by atoms with Crippen LogP contribution in [-0.4, -0.2) is 42.2 Å². The summed E-state index contributed by atoms with van der Waals surface area (Å²) in [6.07, 6.45) is 2.86. The fourth-order valence-corrected chi connectivity index (χ4v) is 6.39. The smallest absolute Gasteiger partial charge is 0.271 e. The van der Waals surface area contributed by atoms with E-state index < -0.39 is 27.8 Å². The summed E-state index contributed by atoms with van der Waals surface area (Å²) in [6, 6.07) is 10.8. The second-order valence-corrected chi connectivity index (χ2v) is 10.4. The normalized spacial score (nSPS) is 17.7. The van der Waals surface area contributed by atoms with Gasteiger partial charge in [-0.05, 0) is 30.4 Å². The lowest BCUT2D eigenvalue weighted by Gasteiger charge is -2.30. The fourth-order valence-electron chi connectivity index (χ4n) is 3.72. The third-order valence-electron chi connectivity index (χ3n) is 5.28. The van der Waals surface area contributed by atoms with Gasteiger partial charge in [-0.15, -0.1) is 11.3 Å². The molecule has 3 aromatic rings. The molecule has 0 radical (unpaired) electrons. The number of benzene rings is 1.